The van der Waals surface area contributed by atoms with E-state index in [2.05, 4.69) is 26.2 Å². The molecule has 0 bridgehead atoms. The van der Waals surface area contributed by atoms with Gasteiger partial charge in [0.15, 0.2) is 0 Å². The van der Waals surface area contributed by atoms with E-state index in [9.17, 15) is 10.1 Å². The number of halogens is 1. The first-order valence-electron chi connectivity index (χ1n) is 6.65. The Kier molecular flexibility index (Phi) is 4.74. The van der Waals surface area contributed by atoms with Crippen molar-refractivity contribution >= 4 is 27.4 Å². The third-order valence-electron chi connectivity index (χ3n) is 3.63. The van der Waals surface area contributed by atoms with E-state index < -0.39 is 4.92 Å². The maximum atomic E-state index is 10.8. The summed E-state index contributed by atoms with van der Waals surface area (Å²) in [5.74, 6) is 0.718. The third kappa shape index (κ3) is 3.43. The summed E-state index contributed by atoms with van der Waals surface area (Å²) in [4.78, 5) is 14.6. The Hall–Kier alpha value is -1.17. The highest BCUT2D eigenvalue weighted by molar-refractivity contribution is 9.10. The van der Waals surface area contributed by atoms with Gasteiger partial charge in [0.1, 0.15) is 12.0 Å². The zero-order valence-corrected chi connectivity index (χ0v) is 12.6. The lowest BCUT2D eigenvalue weighted by Crippen LogP contribution is -2.19. The van der Waals surface area contributed by atoms with Crippen LogP contribution in [0, 0.1) is 17.0 Å². The minimum Gasteiger partial charge on any atom is -0.366 e. The molecule has 0 atom stereocenters. The first kappa shape index (κ1) is 14.2. The number of rotatable bonds is 3. The third-order valence-corrected chi connectivity index (χ3v) is 4.60. The van der Waals surface area contributed by atoms with Crippen LogP contribution in [0.25, 0.3) is 0 Å². The molecule has 0 spiro atoms. The van der Waals surface area contributed by atoms with Crippen molar-refractivity contribution in [2.24, 2.45) is 0 Å². The molecular formula is C13H18BrN3O2. The topological polar surface area (TPSA) is 68.1 Å². The highest BCUT2D eigenvalue weighted by Gasteiger charge is 2.19. The molecule has 1 N–H and O–H groups in total. The van der Waals surface area contributed by atoms with Gasteiger partial charge in [-0.05, 0) is 35.7 Å². The van der Waals surface area contributed by atoms with Gasteiger partial charge in [-0.3, -0.25) is 10.1 Å². The number of nitrogens with zero attached hydrogens (tertiary/aromatic N) is 2. The van der Waals surface area contributed by atoms with Gasteiger partial charge in [0.2, 0.25) is 0 Å². The van der Waals surface area contributed by atoms with Crippen LogP contribution in [0.3, 0.4) is 0 Å². The molecule has 0 aromatic carbocycles. The Labute approximate surface area is 121 Å². The summed E-state index contributed by atoms with van der Waals surface area (Å²) in [5.41, 5.74) is 0.675. The van der Waals surface area contributed by atoms with Crippen LogP contribution in [0.4, 0.5) is 11.5 Å². The number of hydrogen-bond donors (Lipinski definition) is 1. The van der Waals surface area contributed by atoms with Gasteiger partial charge in [-0.25, -0.2) is 4.98 Å². The van der Waals surface area contributed by atoms with Gasteiger partial charge in [-0.2, -0.15) is 0 Å². The molecule has 1 fully saturated rings. The van der Waals surface area contributed by atoms with Crippen LogP contribution in [0.15, 0.2) is 10.7 Å². The van der Waals surface area contributed by atoms with E-state index >= 15 is 0 Å². The molecule has 0 saturated heterocycles. The van der Waals surface area contributed by atoms with E-state index in [-0.39, 0.29) is 5.69 Å². The quantitative estimate of drug-likeness (QED) is 0.513. The summed E-state index contributed by atoms with van der Waals surface area (Å²) in [6, 6.07) is 0.423. The SMILES string of the molecule is Cc1c([N+](=O)[O-])cnc(NC2CCCCCC2)c1Br. The first-order chi connectivity index (χ1) is 9.09. The zero-order chi connectivity index (χ0) is 13.8. The highest BCUT2D eigenvalue weighted by Crippen LogP contribution is 2.32. The molecule has 1 aliphatic rings. The molecule has 1 aromatic rings. The van der Waals surface area contributed by atoms with Crippen LogP contribution in [0.2, 0.25) is 0 Å². The lowest BCUT2D eigenvalue weighted by Gasteiger charge is -2.18. The first-order valence-corrected chi connectivity index (χ1v) is 7.45. The fourth-order valence-electron chi connectivity index (χ4n) is 2.47. The number of pyridine rings is 1. The van der Waals surface area contributed by atoms with Gasteiger partial charge in [0.25, 0.3) is 5.69 Å². The monoisotopic (exact) mass is 327 g/mol. The molecule has 1 heterocycles. The average molecular weight is 328 g/mol. The fourth-order valence-corrected chi connectivity index (χ4v) is 2.89. The summed E-state index contributed by atoms with van der Waals surface area (Å²) >= 11 is 3.42. The van der Waals surface area contributed by atoms with Gasteiger partial charge in [0, 0.05) is 11.6 Å². The van der Waals surface area contributed by atoms with Crippen LogP contribution in [0.5, 0.6) is 0 Å². The second kappa shape index (κ2) is 6.32. The highest BCUT2D eigenvalue weighted by atomic mass is 79.9. The molecule has 2 rings (SSSR count). The largest absolute Gasteiger partial charge is 0.366 e. The van der Waals surface area contributed by atoms with Gasteiger partial charge < -0.3 is 5.32 Å². The zero-order valence-electron chi connectivity index (χ0n) is 11.0. The molecule has 0 unspecified atom stereocenters. The molecule has 0 amide bonds. The number of anilines is 1. The summed E-state index contributed by atoms with van der Waals surface area (Å²) in [6.45, 7) is 1.74. The minimum absolute atomic E-state index is 0.0540. The van der Waals surface area contributed by atoms with Crippen molar-refractivity contribution in [2.75, 3.05) is 5.32 Å². The molecular weight excluding hydrogens is 310 g/mol. The number of nitrogens with one attached hydrogen (secondary N) is 1. The maximum Gasteiger partial charge on any atom is 0.291 e. The van der Waals surface area contributed by atoms with Crippen molar-refractivity contribution < 1.29 is 4.92 Å². The summed E-state index contributed by atoms with van der Waals surface area (Å²) in [6.07, 6.45) is 8.69. The van der Waals surface area contributed by atoms with Crippen molar-refractivity contribution in [1.29, 1.82) is 0 Å². The van der Waals surface area contributed by atoms with Crippen molar-refractivity contribution in [1.82, 2.24) is 4.98 Å². The Morgan fingerprint density at radius 1 is 1.37 bits per heavy atom. The summed E-state index contributed by atoms with van der Waals surface area (Å²) in [5, 5.41) is 14.3. The number of hydrogen-bond acceptors (Lipinski definition) is 4. The second-order valence-corrected chi connectivity index (χ2v) is 5.81. The number of aromatic nitrogens is 1. The van der Waals surface area contributed by atoms with Crippen molar-refractivity contribution in [3.8, 4) is 0 Å². The van der Waals surface area contributed by atoms with Crippen LogP contribution >= 0.6 is 15.9 Å². The van der Waals surface area contributed by atoms with Gasteiger partial charge in [0.05, 0.1) is 9.40 Å². The van der Waals surface area contributed by atoms with Crippen LogP contribution in [0.1, 0.15) is 44.1 Å². The van der Waals surface area contributed by atoms with E-state index in [4.69, 9.17) is 0 Å². The molecule has 5 nitrogen and oxygen atoms in total. The molecule has 0 radical (unpaired) electrons. The Morgan fingerprint density at radius 3 is 2.58 bits per heavy atom. The summed E-state index contributed by atoms with van der Waals surface area (Å²) < 4.78 is 0.700. The van der Waals surface area contributed by atoms with E-state index in [1.54, 1.807) is 6.92 Å². The Morgan fingerprint density at radius 2 is 2.00 bits per heavy atom. The second-order valence-electron chi connectivity index (χ2n) is 5.02. The van der Waals surface area contributed by atoms with E-state index in [0.29, 0.717) is 16.1 Å². The summed E-state index contributed by atoms with van der Waals surface area (Å²) in [7, 11) is 0. The standard InChI is InChI=1S/C13H18BrN3O2/c1-9-11(17(18)19)8-15-13(12(9)14)16-10-6-4-2-3-5-7-10/h8,10H,2-7H2,1H3,(H,15,16). The van der Waals surface area contributed by atoms with Crippen molar-refractivity contribution in [3.63, 3.8) is 0 Å². The number of nitro groups is 1. The predicted octanol–water partition coefficient (Wildman–Crippen LogP) is 4.20. The molecule has 104 valence electrons. The van der Waals surface area contributed by atoms with E-state index in [1.807, 2.05) is 0 Å². The van der Waals surface area contributed by atoms with E-state index in [0.717, 1.165) is 18.7 Å². The van der Waals surface area contributed by atoms with Gasteiger partial charge >= 0.3 is 0 Å². The smallest absolute Gasteiger partial charge is 0.291 e. The molecule has 6 heteroatoms. The molecule has 1 aliphatic carbocycles. The molecule has 19 heavy (non-hydrogen) atoms. The minimum atomic E-state index is -0.400. The predicted molar refractivity (Wildman–Crippen MR) is 78.4 cm³/mol. The molecule has 1 saturated carbocycles. The Bertz CT molecular complexity index is 471. The van der Waals surface area contributed by atoms with Crippen molar-refractivity contribution in [3.05, 3.63) is 26.3 Å². The normalized spacial score (nSPS) is 16.9. The maximum absolute atomic E-state index is 10.8. The average Bonchev–Trinajstić information content (AvgIpc) is 2.63. The Balaban J connectivity index is 2.16. The van der Waals surface area contributed by atoms with Crippen molar-refractivity contribution in [2.45, 2.75) is 51.5 Å². The molecule has 1 aromatic heterocycles. The van der Waals surface area contributed by atoms with E-state index in [1.165, 1.54) is 31.9 Å². The van der Waals surface area contributed by atoms with Crippen LogP contribution in [-0.2, 0) is 0 Å². The van der Waals surface area contributed by atoms with Crippen LogP contribution < -0.4 is 5.32 Å². The molecule has 0 aliphatic heterocycles. The fraction of sp³-hybridized carbons (Fsp3) is 0.615. The van der Waals surface area contributed by atoms with Crippen LogP contribution in [-0.4, -0.2) is 15.9 Å². The lowest BCUT2D eigenvalue weighted by molar-refractivity contribution is -0.385. The van der Waals surface area contributed by atoms with Gasteiger partial charge in [-0.15, -0.1) is 0 Å². The van der Waals surface area contributed by atoms with Gasteiger partial charge in [-0.1, -0.05) is 25.7 Å². The lowest BCUT2D eigenvalue weighted by atomic mass is 10.1.